The van der Waals surface area contributed by atoms with Crippen LogP contribution in [0.5, 0.6) is 0 Å². The van der Waals surface area contributed by atoms with Gasteiger partial charge in [0.1, 0.15) is 0 Å². The van der Waals surface area contributed by atoms with E-state index in [4.69, 9.17) is 20.6 Å². The number of amidine groups is 1. The first-order valence-electron chi connectivity index (χ1n) is 4.34. The van der Waals surface area contributed by atoms with Crippen LogP contribution in [-0.2, 0) is 9.47 Å². The lowest BCUT2D eigenvalue weighted by Crippen LogP contribution is -2.26. The summed E-state index contributed by atoms with van der Waals surface area (Å²) in [6.45, 7) is 4.57. The Bertz CT molecular complexity index is 201. The van der Waals surface area contributed by atoms with E-state index in [1.807, 2.05) is 13.8 Å². The SMILES string of the molecule is CC[C@@]1(C)OC[C@H](CSC(=N)N)O1. The monoisotopic (exact) mass is 204 g/mol. The van der Waals surface area contributed by atoms with Gasteiger partial charge in [-0.2, -0.15) is 0 Å². The number of nitrogens with two attached hydrogens (primary N) is 1. The van der Waals surface area contributed by atoms with Gasteiger partial charge in [-0.05, 0) is 13.3 Å². The van der Waals surface area contributed by atoms with Crippen LogP contribution in [0.4, 0.5) is 0 Å². The molecular formula is C8H16N2O2S. The smallest absolute Gasteiger partial charge is 0.165 e. The Morgan fingerprint density at radius 2 is 2.46 bits per heavy atom. The molecule has 2 atom stereocenters. The largest absolute Gasteiger partial charge is 0.379 e. The lowest BCUT2D eigenvalue weighted by atomic mass is 10.2. The van der Waals surface area contributed by atoms with Gasteiger partial charge in [0, 0.05) is 5.75 Å². The zero-order valence-corrected chi connectivity index (χ0v) is 8.82. The van der Waals surface area contributed by atoms with Crippen molar-refractivity contribution in [3.05, 3.63) is 0 Å². The fraction of sp³-hybridized carbons (Fsp3) is 0.875. The van der Waals surface area contributed by atoms with Crippen molar-refractivity contribution in [3.8, 4) is 0 Å². The van der Waals surface area contributed by atoms with Gasteiger partial charge in [0.15, 0.2) is 11.0 Å². The van der Waals surface area contributed by atoms with E-state index in [0.29, 0.717) is 12.4 Å². The molecule has 13 heavy (non-hydrogen) atoms. The summed E-state index contributed by atoms with van der Waals surface area (Å²) in [7, 11) is 0. The molecule has 1 aliphatic heterocycles. The van der Waals surface area contributed by atoms with Gasteiger partial charge in [-0.3, -0.25) is 5.41 Å². The summed E-state index contributed by atoms with van der Waals surface area (Å²) < 4.78 is 11.1. The Morgan fingerprint density at radius 1 is 1.77 bits per heavy atom. The zero-order valence-electron chi connectivity index (χ0n) is 8.00. The Hall–Kier alpha value is -0.260. The van der Waals surface area contributed by atoms with Crippen molar-refractivity contribution in [1.29, 1.82) is 5.41 Å². The van der Waals surface area contributed by atoms with Gasteiger partial charge in [-0.15, -0.1) is 0 Å². The third kappa shape index (κ3) is 3.17. The number of hydrogen-bond acceptors (Lipinski definition) is 4. The molecule has 0 aromatic rings. The van der Waals surface area contributed by atoms with Crippen molar-refractivity contribution >= 4 is 16.9 Å². The summed E-state index contributed by atoms with van der Waals surface area (Å²) in [5.41, 5.74) is 5.22. The van der Waals surface area contributed by atoms with E-state index in [2.05, 4.69) is 0 Å². The maximum absolute atomic E-state index is 7.05. The number of thioether (sulfide) groups is 1. The first-order valence-corrected chi connectivity index (χ1v) is 5.33. The van der Waals surface area contributed by atoms with E-state index in [0.717, 1.165) is 6.42 Å². The summed E-state index contributed by atoms with van der Waals surface area (Å²) in [6.07, 6.45) is 0.910. The zero-order chi connectivity index (χ0) is 9.90. The van der Waals surface area contributed by atoms with Gasteiger partial charge >= 0.3 is 0 Å². The minimum Gasteiger partial charge on any atom is -0.379 e. The molecule has 1 aliphatic rings. The molecule has 4 nitrogen and oxygen atoms in total. The Balaban J connectivity index is 2.29. The van der Waals surface area contributed by atoms with Crippen LogP contribution in [-0.4, -0.2) is 29.4 Å². The molecular weight excluding hydrogens is 188 g/mol. The number of rotatable bonds is 3. The van der Waals surface area contributed by atoms with Gasteiger partial charge in [0.05, 0.1) is 12.7 Å². The van der Waals surface area contributed by atoms with Crippen molar-refractivity contribution in [2.75, 3.05) is 12.4 Å². The first kappa shape index (κ1) is 10.8. The van der Waals surface area contributed by atoms with Crippen LogP contribution in [0.2, 0.25) is 0 Å². The van der Waals surface area contributed by atoms with Crippen LogP contribution in [0.3, 0.4) is 0 Å². The standard InChI is InChI=1S/C8H16N2O2S/c1-3-8(2)11-4-6(12-8)5-13-7(9)10/h6H,3-5H2,1-2H3,(H3,9,10)/t6-,8+/m1/s1. The second kappa shape index (κ2) is 4.30. The lowest BCUT2D eigenvalue weighted by molar-refractivity contribution is -0.152. The maximum Gasteiger partial charge on any atom is 0.165 e. The van der Waals surface area contributed by atoms with Crippen LogP contribution in [0.1, 0.15) is 20.3 Å². The molecule has 1 saturated heterocycles. The van der Waals surface area contributed by atoms with E-state index in [-0.39, 0.29) is 11.3 Å². The van der Waals surface area contributed by atoms with Crippen molar-refractivity contribution in [2.24, 2.45) is 5.73 Å². The highest BCUT2D eigenvalue weighted by Gasteiger charge is 2.35. The third-order valence-electron chi connectivity index (χ3n) is 2.06. The van der Waals surface area contributed by atoms with Crippen molar-refractivity contribution in [3.63, 3.8) is 0 Å². The predicted octanol–water partition coefficient (Wildman–Crippen LogP) is 1.15. The molecule has 0 radical (unpaired) electrons. The molecule has 0 aliphatic carbocycles. The van der Waals surface area contributed by atoms with Crippen LogP contribution in [0.25, 0.3) is 0 Å². The van der Waals surface area contributed by atoms with Crippen LogP contribution >= 0.6 is 11.8 Å². The molecule has 0 amide bonds. The topological polar surface area (TPSA) is 68.3 Å². The van der Waals surface area contributed by atoms with Gasteiger partial charge in [-0.1, -0.05) is 18.7 Å². The average Bonchev–Trinajstić information content (AvgIpc) is 2.45. The molecule has 3 N–H and O–H groups in total. The van der Waals surface area contributed by atoms with Gasteiger partial charge in [-0.25, -0.2) is 0 Å². The highest BCUT2D eigenvalue weighted by atomic mass is 32.2. The van der Waals surface area contributed by atoms with Crippen molar-refractivity contribution < 1.29 is 9.47 Å². The molecule has 1 fully saturated rings. The van der Waals surface area contributed by atoms with Crippen molar-refractivity contribution in [1.82, 2.24) is 0 Å². The molecule has 5 heteroatoms. The van der Waals surface area contributed by atoms with Crippen LogP contribution < -0.4 is 5.73 Å². The van der Waals surface area contributed by atoms with E-state index < -0.39 is 5.79 Å². The normalized spacial score (nSPS) is 33.5. The van der Waals surface area contributed by atoms with Gasteiger partial charge < -0.3 is 15.2 Å². The molecule has 0 saturated carbocycles. The molecule has 0 spiro atoms. The highest BCUT2D eigenvalue weighted by Crippen LogP contribution is 2.27. The minimum absolute atomic E-state index is 0.0684. The summed E-state index contributed by atoms with van der Waals surface area (Å²) in [5.74, 6) is 0.271. The predicted molar refractivity (Wildman–Crippen MR) is 53.9 cm³/mol. The number of hydrogen-bond donors (Lipinski definition) is 2. The maximum atomic E-state index is 7.05. The second-order valence-electron chi connectivity index (χ2n) is 3.21. The Labute approximate surface area is 82.7 Å². The summed E-state index contributed by atoms with van der Waals surface area (Å²) in [4.78, 5) is 0. The number of ether oxygens (including phenoxy) is 2. The third-order valence-corrected chi connectivity index (χ3v) is 2.91. The van der Waals surface area contributed by atoms with Crippen LogP contribution in [0.15, 0.2) is 0 Å². The van der Waals surface area contributed by atoms with Gasteiger partial charge in [0.2, 0.25) is 0 Å². The number of nitrogens with one attached hydrogen (secondary N) is 1. The Kier molecular flexibility index (Phi) is 3.58. The summed E-state index contributed by atoms with van der Waals surface area (Å²) in [5, 5.41) is 7.18. The second-order valence-corrected chi connectivity index (χ2v) is 4.28. The lowest BCUT2D eigenvalue weighted by Gasteiger charge is -2.20. The molecule has 0 aromatic carbocycles. The highest BCUT2D eigenvalue weighted by molar-refractivity contribution is 8.13. The van der Waals surface area contributed by atoms with Gasteiger partial charge in [0.25, 0.3) is 0 Å². The summed E-state index contributed by atoms with van der Waals surface area (Å²) >= 11 is 1.30. The molecule has 0 aromatic heterocycles. The van der Waals surface area contributed by atoms with E-state index in [9.17, 15) is 0 Å². The molecule has 0 bridgehead atoms. The van der Waals surface area contributed by atoms with Crippen molar-refractivity contribution in [2.45, 2.75) is 32.2 Å². The summed E-state index contributed by atoms with van der Waals surface area (Å²) in [6, 6.07) is 0. The molecule has 0 unspecified atom stereocenters. The average molecular weight is 204 g/mol. The van der Waals surface area contributed by atoms with E-state index >= 15 is 0 Å². The fourth-order valence-electron chi connectivity index (χ4n) is 1.14. The van der Waals surface area contributed by atoms with E-state index in [1.165, 1.54) is 11.8 Å². The molecule has 1 heterocycles. The quantitative estimate of drug-likeness (QED) is 0.534. The molecule has 1 rings (SSSR count). The fourth-order valence-corrected chi connectivity index (χ4v) is 1.67. The van der Waals surface area contributed by atoms with Crippen LogP contribution in [0, 0.1) is 5.41 Å². The minimum atomic E-state index is -0.429. The Morgan fingerprint density at radius 3 is 2.92 bits per heavy atom. The first-order chi connectivity index (χ1) is 6.06. The van der Waals surface area contributed by atoms with E-state index in [1.54, 1.807) is 0 Å². The molecule has 76 valence electrons.